The number of carbonyl (C=O) groups is 4. The van der Waals surface area contributed by atoms with Gasteiger partial charge in [-0.2, -0.15) is 0 Å². The maximum atomic E-state index is 14.0. The van der Waals surface area contributed by atoms with Gasteiger partial charge in [0.2, 0.25) is 23.6 Å². The number of hydrogen-bond acceptors (Lipinski definition) is 4. The number of nitrogens with zero attached hydrogens (tertiary/aromatic N) is 2. The highest BCUT2D eigenvalue weighted by molar-refractivity contribution is 6.05. The zero-order valence-corrected chi connectivity index (χ0v) is 24.0. The molecule has 1 N–H and O–H groups in total. The number of fused-ring (bicyclic) bond motifs is 1. The van der Waals surface area contributed by atoms with Crippen molar-refractivity contribution in [3.63, 3.8) is 0 Å². The van der Waals surface area contributed by atoms with Gasteiger partial charge in [0.05, 0.1) is 11.8 Å². The topological polar surface area (TPSA) is 86.8 Å². The van der Waals surface area contributed by atoms with Crippen LogP contribution in [0.15, 0.2) is 66.7 Å². The van der Waals surface area contributed by atoms with Gasteiger partial charge in [-0.05, 0) is 43.7 Å². The maximum absolute atomic E-state index is 14.0. The van der Waals surface area contributed by atoms with Crippen LogP contribution in [0.2, 0.25) is 0 Å². The molecule has 2 aromatic rings. The summed E-state index contributed by atoms with van der Waals surface area (Å²) in [6.45, 7) is 2.31. The molecule has 3 atom stereocenters. The Morgan fingerprint density at radius 1 is 0.902 bits per heavy atom. The van der Waals surface area contributed by atoms with Gasteiger partial charge in [0.25, 0.3) is 0 Å². The fourth-order valence-corrected chi connectivity index (χ4v) is 6.55. The van der Waals surface area contributed by atoms with E-state index in [0.717, 1.165) is 42.4 Å². The van der Waals surface area contributed by atoms with Crippen LogP contribution in [-0.4, -0.2) is 52.1 Å². The highest BCUT2D eigenvalue weighted by atomic mass is 16.2. The van der Waals surface area contributed by atoms with Crippen LogP contribution in [0.5, 0.6) is 0 Å². The minimum Gasteiger partial charge on any atom is -0.352 e. The second-order valence-electron chi connectivity index (χ2n) is 11.8. The third-order valence-corrected chi connectivity index (χ3v) is 8.81. The first kappa shape index (κ1) is 28.8. The highest BCUT2D eigenvalue weighted by Gasteiger charge is 2.47. The summed E-state index contributed by atoms with van der Waals surface area (Å²) in [6.07, 6.45) is 10.7. The van der Waals surface area contributed by atoms with E-state index in [9.17, 15) is 19.2 Å². The third-order valence-electron chi connectivity index (χ3n) is 8.81. The molecule has 7 nitrogen and oxygen atoms in total. The number of imide groups is 1. The average Bonchev–Trinajstić information content (AvgIpc) is 3.23. The molecule has 5 rings (SSSR count). The Morgan fingerprint density at radius 2 is 1.56 bits per heavy atom. The lowest BCUT2D eigenvalue weighted by Crippen LogP contribution is -2.53. The summed E-state index contributed by atoms with van der Waals surface area (Å²) in [6, 6.07) is 17.1. The molecule has 3 aliphatic rings. The molecule has 0 unspecified atom stereocenters. The predicted octanol–water partition coefficient (Wildman–Crippen LogP) is 4.73. The van der Waals surface area contributed by atoms with E-state index in [-0.39, 0.29) is 61.0 Å². The molecule has 1 saturated carbocycles. The summed E-state index contributed by atoms with van der Waals surface area (Å²) in [7, 11) is 0. The van der Waals surface area contributed by atoms with Crippen molar-refractivity contribution < 1.29 is 19.2 Å². The van der Waals surface area contributed by atoms with Crippen LogP contribution in [0.3, 0.4) is 0 Å². The van der Waals surface area contributed by atoms with E-state index in [1.54, 1.807) is 4.90 Å². The first-order chi connectivity index (χ1) is 19.9. The predicted molar refractivity (Wildman–Crippen MR) is 157 cm³/mol. The van der Waals surface area contributed by atoms with Gasteiger partial charge >= 0.3 is 0 Å². The number of likely N-dealkylation sites (tertiary alicyclic amines) is 1. The number of hydrogen-bond donors (Lipinski definition) is 1. The van der Waals surface area contributed by atoms with Crippen molar-refractivity contribution in [2.24, 2.45) is 11.8 Å². The number of benzene rings is 2. The molecular formula is C34H41N3O4. The number of carbonyl (C=O) groups excluding carboxylic acids is 4. The normalized spacial score (nSPS) is 21.4. The summed E-state index contributed by atoms with van der Waals surface area (Å²) in [5, 5.41) is 3.26. The molecule has 2 aromatic carbocycles. The molecule has 216 valence electrons. The Hall–Kier alpha value is -3.74. The Balaban J connectivity index is 1.39. The van der Waals surface area contributed by atoms with Crippen LogP contribution in [0.25, 0.3) is 0 Å². The van der Waals surface area contributed by atoms with E-state index in [2.05, 4.69) is 5.32 Å². The van der Waals surface area contributed by atoms with Crippen LogP contribution in [-0.2, 0) is 32.1 Å². The molecule has 41 heavy (non-hydrogen) atoms. The molecular weight excluding hydrogens is 514 g/mol. The largest absolute Gasteiger partial charge is 0.352 e. The molecule has 2 aliphatic carbocycles. The van der Waals surface area contributed by atoms with Crippen molar-refractivity contribution in [2.75, 3.05) is 6.54 Å². The zero-order valence-electron chi connectivity index (χ0n) is 24.0. The number of amides is 4. The van der Waals surface area contributed by atoms with E-state index in [4.69, 9.17) is 0 Å². The maximum Gasteiger partial charge on any atom is 0.243 e. The molecule has 7 heteroatoms. The van der Waals surface area contributed by atoms with Gasteiger partial charge in [-0.25, -0.2) is 0 Å². The zero-order chi connectivity index (χ0) is 28.8. The van der Waals surface area contributed by atoms with Crippen molar-refractivity contribution in [3.8, 4) is 0 Å². The van der Waals surface area contributed by atoms with Crippen LogP contribution in [0, 0.1) is 18.8 Å². The minimum atomic E-state index is -0.718. The number of allylic oxidation sites excluding steroid dienone is 2. The van der Waals surface area contributed by atoms with Crippen LogP contribution >= 0.6 is 0 Å². The van der Waals surface area contributed by atoms with Crippen molar-refractivity contribution in [3.05, 3.63) is 83.4 Å². The number of rotatable bonds is 10. The summed E-state index contributed by atoms with van der Waals surface area (Å²) < 4.78 is 0. The summed E-state index contributed by atoms with van der Waals surface area (Å²) in [5.41, 5.74) is 2.98. The standard InChI is InChI=1S/C34H41N3O4/c1-24-11-10-14-26(21-24)23-37(31(38)19-20-36-33(40)28-17-8-9-18-29(28)34(36)41)30(22-25-12-4-2-5-13-25)32(39)35-27-15-6-3-7-16-27/h2,4-5,8-14,21,27-30H,3,6-7,15-20,22-23H2,1H3,(H,35,39)/t28-,29+,30-/m0/s1. The number of nitrogens with one attached hydrogen (secondary N) is 1. The van der Waals surface area contributed by atoms with Gasteiger partial charge in [-0.15, -0.1) is 0 Å². The lowest BCUT2D eigenvalue weighted by Gasteiger charge is -2.34. The average molecular weight is 556 g/mol. The van der Waals surface area contributed by atoms with Crippen molar-refractivity contribution in [1.82, 2.24) is 15.1 Å². The van der Waals surface area contributed by atoms with E-state index in [0.29, 0.717) is 19.3 Å². The Morgan fingerprint density at radius 3 is 2.22 bits per heavy atom. The highest BCUT2D eigenvalue weighted by Crippen LogP contribution is 2.35. The van der Waals surface area contributed by atoms with Crippen molar-refractivity contribution in [2.45, 2.75) is 83.3 Å². The van der Waals surface area contributed by atoms with Crippen LogP contribution in [0.4, 0.5) is 0 Å². The lowest BCUT2D eigenvalue weighted by atomic mass is 9.85. The SMILES string of the molecule is Cc1cccc(CN(C(=O)CCN2C(=O)[C@H]3CC=CC[C@H]3C2=O)[C@@H](Cc2ccccc2)C(=O)NC2CCCCC2)c1. The molecule has 1 heterocycles. The Labute approximate surface area is 243 Å². The Kier molecular flexibility index (Phi) is 9.32. The van der Waals surface area contributed by atoms with Gasteiger partial charge in [-0.3, -0.25) is 24.1 Å². The molecule has 0 aromatic heterocycles. The smallest absolute Gasteiger partial charge is 0.243 e. The molecule has 1 saturated heterocycles. The molecule has 4 amide bonds. The van der Waals surface area contributed by atoms with Gasteiger partial charge in [-0.1, -0.05) is 91.6 Å². The fourth-order valence-electron chi connectivity index (χ4n) is 6.55. The molecule has 1 aliphatic heterocycles. The van der Waals surface area contributed by atoms with E-state index in [1.807, 2.05) is 73.7 Å². The summed E-state index contributed by atoms with van der Waals surface area (Å²) in [4.78, 5) is 57.0. The second kappa shape index (κ2) is 13.3. The summed E-state index contributed by atoms with van der Waals surface area (Å²) >= 11 is 0. The van der Waals surface area contributed by atoms with E-state index >= 15 is 0 Å². The van der Waals surface area contributed by atoms with Gasteiger partial charge in [0.15, 0.2) is 0 Å². The monoisotopic (exact) mass is 555 g/mol. The quantitative estimate of drug-likeness (QED) is 0.339. The van der Waals surface area contributed by atoms with E-state index in [1.165, 1.54) is 11.3 Å². The lowest BCUT2D eigenvalue weighted by molar-refractivity contribution is -0.144. The fraction of sp³-hybridized carbons (Fsp3) is 0.471. The Bertz CT molecular complexity index is 1260. The first-order valence-corrected chi connectivity index (χ1v) is 15.1. The minimum absolute atomic E-state index is 0.0157. The molecule has 0 bridgehead atoms. The van der Waals surface area contributed by atoms with Crippen molar-refractivity contribution >= 4 is 23.6 Å². The van der Waals surface area contributed by atoms with Gasteiger partial charge < -0.3 is 10.2 Å². The molecule has 0 spiro atoms. The number of aryl methyl sites for hydroxylation is 1. The molecule has 2 fully saturated rings. The third kappa shape index (κ3) is 6.95. The van der Waals surface area contributed by atoms with Crippen molar-refractivity contribution in [1.29, 1.82) is 0 Å². The van der Waals surface area contributed by atoms with Gasteiger partial charge in [0.1, 0.15) is 6.04 Å². The van der Waals surface area contributed by atoms with Crippen LogP contribution < -0.4 is 5.32 Å². The molecule has 0 radical (unpaired) electrons. The summed E-state index contributed by atoms with van der Waals surface area (Å²) in [5.74, 6) is -1.39. The first-order valence-electron chi connectivity index (χ1n) is 15.1. The van der Waals surface area contributed by atoms with E-state index < -0.39 is 6.04 Å². The second-order valence-corrected chi connectivity index (χ2v) is 11.8. The van der Waals surface area contributed by atoms with Crippen LogP contribution in [0.1, 0.15) is 68.1 Å². The van der Waals surface area contributed by atoms with Gasteiger partial charge in [0, 0.05) is 32.0 Å².